The summed E-state index contributed by atoms with van der Waals surface area (Å²) in [5, 5.41) is 9.19. The smallest absolute Gasteiger partial charge is 0.482 e. The van der Waals surface area contributed by atoms with Crippen LogP contribution in [0.4, 0.5) is 39.9 Å². The molecule has 0 radical (unpaired) electrons. The Bertz CT molecular complexity index is 1140. The molecule has 0 aliphatic heterocycles. The average molecular weight is 617 g/mol. The molecule has 0 bridgehead atoms. The van der Waals surface area contributed by atoms with E-state index in [1.807, 2.05) is 0 Å². The molecule has 0 aliphatic carbocycles. The number of carboxylic acids is 1. The van der Waals surface area contributed by atoms with Gasteiger partial charge in [0, 0.05) is 19.6 Å². The van der Waals surface area contributed by atoms with Gasteiger partial charge in [-0.3, -0.25) is 0 Å². The van der Waals surface area contributed by atoms with Crippen LogP contribution in [0.25, 0.3) is 0 Å². The van der Waals surface area contributed by atoms with E-state index in [-0.39, 0.29) is 31.9 Å². The van der Waals surface area contributed by atoms with Gasteiger partial charge in [0.2, 0.25) is 0 Å². The van der Waals surface area contributed by atoms with Crippen molar-refractivity contribution in [1.29, 1.82) is 0 Å². The van der Waals surface area contributed by atoms with Gasteiger partial charge in [-0.2, -0.15) is 35.1 Å². The first-order chi connectivity index (χ1) is 19.5. The number of halogens is 8. The fraction of sp³-hybridized carbons (Fsp3) is 0.462. The van der Waals surface area contributed by atoms with E-state index in [2.05, 4.69) is 4.74 Å². The predicted octanol–water partition coefficient (Wildman–Crippen LogP) is 6.18. The van der Waals surface area contributed by atoms with Gasteiger partial charge in [-0.25, -0.2) is 9.59 Å². The maximum Gasteiger partial charge on any atom is 0.482 e. The SMILES string of the molecule is CCOC(Cc1ccc(OCCN(CCCOC(F)(F)C(F)(F)F)C(=O)Oc2ccc(C(F)(F)F)cc2)cc1)C(=O)O. The van der Waals surface area contributed by atoms with Crippen LogP contribution in [0, 0.1) is 0 Å². The van der Waals surface area contributed by atoms with Crippen LogP contribution in [0.2, 0.25) is 0 Å². The number of nitrogens with zero attached hydrogens (tertiary/aromatic N) is 1. The van der Waals surface area contributed by atoms with Crippen molar-refractivity contribution in [1.82, 2.24) is 4.90 Å². The first kappa shape index (κ1) is 34.5. The Morgan fingerprint density at radius 2 is 1.45 bits per heavy atom. The lowest BCUT2D eigenvalue weighted by Crippen LogP contribution is -2.41. The molecule has 42 heavy (non-hydrogen) atoms. The summed E-state index contributed by atoms with van der Waals surface area (Å²) in [5.74, 6) is -1.11. The maximum atomic E-state index is 13.0. The molecule has 2 aromatic carbocycles. The van der Waals surface area contributed by atoms with Gasteiger partial charge in [-0.15, -0.1) is 0 Å². The highest BCUT2D eigenvalue weighted by Gasteiger charge is 2.59. The minimum Gasteiger partial charge on any atom is -0.492 e. The Kier molecular flexibility index (Phi) is 12.3. The van der Waals surface area contributed by atoms with Crippen molar-refractivity contribution < 1.29 is 68.8 Å². The van der Waals surface area contributed by atoms with E-state index < -0.39 is 61.8 Å². The zero-order valence-corrected chi connectivity index (χ0v) is 22.0. The number of carbonyl (C=O) groups excluding carboxylic acids is 1. The highest BCUT2D eigenvalue weighted by Crippen LogP contribution is 2.36. The van der Waals surface area contributed by atoms with Crippen LogP contribution in [0.5, 0.6) is 11.5 Å². The molecule has 0 fully saturated rings. The van der Waals surface area contributed by atoms with E-state index in [0.29, 0.717) is 23.4 Å². The van der Waals surface area contributed by atoms with Crippen molar-refractivity contribution in [3.8, 4) is 11.5 Å². The normalized spacial score (nSPS) is 13.0. The molecule has 1 N–H and O–H groups in total. The van der Waals surface area contributed by atoms with Crippen molar-refractivity contribution in [3.63, 3.8) is 0 Å². The molecule has 1 amide bonds. The Hall–Kier alpha value is -3.66. The summed E-state index contributed by atoms with van der Waals surface area (Å²) in [5.41, 5.74) is -0.377. The van der Waals surface area contributed by atoms with Gasteiger partial charge in [0.25, 0.3) is 0 Å². The quantitative estimate of drug-likeness (QED) is 0.189. The predicted molar refractivity (Wildman–Crippen MR) is 129 cm³/mol. The van der Waals surface area contributed by atoms with Crippen LogP contribution in [-0.2, 0) is 26.9 Å². The number of alkyl halides is 8. The molecular weight excluding hydrogens is 590 g/mol. The van der Waals surface area contributed by atoms with Crippen LogP contribution in [0.3, 0.4) is 0 Å². The van der Waals surface area contributed by atoms with Gasteiger partial charge >= 0.3 is 30.5 Å². The molecule has 0 saturated carbocycles. The Labute approximate surface area is 234 Å². The first-order valence-corrected chi connectivity index (χ1v) is 12.3. The third kappa shape index (κ3) is 11.0. The lowest BCUT2D eigenvalue weighted by molar-refractivity contribution is -0.391. The third-order valence-electron chi connectivity index (χ3n) is 5.45. The number of ether oxygens (including phenoxy) is 4. The van der Waals surface area contributed by atoms with E-state index in [1.165, 1.54) is 12.1 Å². The monoisotopic (exact) mass is 617 g/mol. The number of hydrogen-bond donors (Lipinski definition) is 1. The molecule has 1 atom stereocenters. The van der Waals surface area contributed by atoms with E-state index in [0.717, 1.165) is 17.0 Å². The fourth-order valence-electron chi connectivity index (χ4n) is 3.34. The van der Waals surface area contributed by atoms with Crippen LogP contribution in [-0.4, -0.2) is 73.4 Å². The molecule has 0 spiro atoms. The number of carbonyl (C=O) groups is 2. The van der Waals surface area contributed by atoms with Gasteiger partial charge in [0.1, 0.15) is 18.1 Å². The summed E-state index contributed by atoms with van der Waals surface area (Å²) in [6, 6.07) is 9.28. The second-order valence-electron chi connectivity index (χ2n) is 8.57. The summed E-state index contributed by atoms with van der Waals surface area (Å²) >= 11 is 0. The van der Waals surface area contributed by atoms with Gasteiger partial charge in [0.05, 0.1) is 18.7 Å². The summed E-state index contributed by atoms with van der Waals surface area (Å²) in [7, 11) is 0. The standard InChI is InChI=1S/C26H27F8NO7/c1-2-39-21(22(36)37)16-17-4-8-19(9-5-17)40-15-13-35(12-3-14-41-26(33,34)25(30,31)32)23(38)42-20-10-6-18(7-11-20)24(27,28)29/h4-11,21H,2-3,12-16H2,1H3,(H,36,37). The molecule has 2 rings (SSSR count). The molecule has 0 saturated heterocycles. The molecular formula is C26H27F8NO7. The minimum absolute atomic E-state index is 0.0858. The highest BCUT2D eigenvalue weighted by atomic mass is 19.4. The number of carboxylic acid groups (broad SMARTS) is 1. The zero-order valence-electron chi connectivity index (χ0n) is 22.0. The summed E-state index contributed by atoms with van der Waals surface area (Å²) in [6.45, 7) is -0.130. The molecule has 0 heterocycles. The molecule has 1 unspecified atom stereocenters. The van der Waals surface area contributed by atoms with E-state index in [9.17, 15) is 49.8 Å². The van der Waals surface area contributed by atoms with Crippen LogP contribution >= 0.6 is 0 Å². The first-order valence-electron chi connectivity index (χ1n) is 12.3. The van der Waals surface area contributed by atoms with Crippen molar-refractivity contribution in [3.05, 3.63) is 59.7 Å². The number of benzene rings is 2. The van der Waals surface area contributed by atoms with E-state index in [4.69, 9.17) is 14.2 Å². The molecule has 0 aromatic heterocycles. The van der Waals surface area contributed by atoms with Crippen molar-refractivity contribution in [2.45, 2.75) is 44.3 Å². The van der Waals surface area contributed by atoms with Gasteiger partial charge in [-0.05, 0) is 55.3 Å². The number of amides is 1. The number of aliphatic carboxylic acids is 1. The van der Waals surface area contributed by atoms with Crippen molar-refractivity contribution in [2.24, 2.45) is 0 Å². The molecule has 0 aliphatic rings. The fourth-order valence-corrected chi connectivity index (χ4v) is 3.34. The average Bonchev–Trinajstić information content (AvgIpc) is 2.89. The summed E-state index contributed by atoms with van der Waals surface area (Å²) < 4.78 is 121. The summed E-state index contributed by atoms with van der Waals surface area (Å²) in [6.07, 6.45) is -18.5. The van der Waals surface area contributed by atoms with Crippen LogP contribution in [0.1, 0.15) is 24.5 Å². The second kappa shape index (κ2) is 15.0. The number of hydrogen-bond acceptors (Lipinski definition) is 6. The summed E-state index contributed by atoms with van der Waals surface area (Å²) in [4.78, 5) is 24.8. The largest absolute Gasteiger partial charge is 0.492 e. The molecule has 2 aromatic rings. The van der Waals surface area contributed by atoms with Gasteiger partial charge < -0.3 is 29.0 Å². The molecule has 16 heteroatoms. The van der Waals surface area contributed by atoms with Crippen LogP contribution < -0.4 is 9.47 Å². The lowest BCUT2D eigenvalue weighted by Gasteiger charge is -2.23. The Balaban J connectivity index is 2.01. The van der Waals surface area contributed by atoms with E-state index in [1.54, 1.807) is 19.1 Å². The van der Waals surface area contributed by atoms with Crippen molar-refractivity contribution in [2.75, 3.05) is 32.9 Å². The van der Waals surface area contributed by atoms with Gasteiger partial charge in [0.15, 0.2) is 6.10 Å². The molecule has 8 nitrogen and oxygen atoms in total. The lowest BCUT2D eigenvalue weighted by atomic mass is 10.1. The topological polar surface area (TPSA) is 94.5 Å². The van der Waals surface area contributed by atoms with Crippen molar-refractivity contribution >= 4 is 12.1 Å². The van der Waals surface area contributed by atoms with E-state index >= 15 is 0 Å². The number of rotatable bonds is 15. The second-order valence-corrected chi connectivity index (χ2v) is 8.57. The third-order valence-corrected chi connectivity index (χ3v) is 5.45. The highest BCUT2D eigenvalue weighted by molar-refractivity contribution is 5.72. The Morgan fingerprint density at radius 1 is 0.857 bits per heavy atom. The Morgan fingerprint density at radius 3 is 1.98 bits per heavy atom. The van der Waals surface area contributed by atoms with Gasteiger partial charge in [-0.1, -0.05) is 12.1 Å². The van der Waals surface area contributed by atoms with Crippen LogP contribution in [0.15, 0.2) is 48.5 Å². The minimum atomic E-state index is -5.94. The maximum absolute atomic E-state index is 13.0. The molecule has 234 valence electrons. The zero-order chi connectivity index (χ0) is 31.6.